The van der Waals surface area contributed by atoms with E-state index in [4.69, 9.17) is 4.74 Å². The molecule has 7 heteroatoms. The van der Waals surface area contributed by atoms with E-state index in [1.807, 2.05) is 19.9 Å². The quantitative estimate of drug-likeness (QED) is 0.434. The van der Waals surface area contributed by atoms with Crippen LogP contribution in [0.1, 0.15) is 87.6 Å². The number of esters is 1. The number of aryl methyl sites for hydroxylation is 3. The Balaban J connectivity index is 1.57. The smallest absolute Gasteiger partial charge is 0.338 e. The van der Waals surface area contributed by atoms with E-state index in [2.05, 4.69) is 16.0 Å². The third-order valence-corrected chi connectivity index (χ3v) is 7.99. The van der Waals surface area contributed by atoms with Crippen molar-refractivity contribution < 1.29 is 19.0 Å². The summed E-state index contributed by atoms with van der Waals surface area (Å²) in [6, 6.07) is 7.15. The zero-order valence-electron chi connectivity index (χ0n) is 21.7. The molecule has 1 atom stereocenters. The Morgan fingerprint density at radius 1 is 1.33 bits per heavy atom. The number of cyclic esters (lactones) is 1. The van der Waals surface area contributed by atoms with Gasteiger partial charge in [-0.1, -0.05) is 31.9 Å². The lowest BCUT2D eigenvalue weighted by Gasteiger charge is -2.42. The second-order valence-electron chi connectivity index (χ2n) is 10.9. The average molecular weight is 494 g/mol. The maximum atomic E-state index is 14.8. The molecule has 0 amide bonds. The second kappa shape index (κ2) is 10.1. The number of benzene rings is 1. The Morgan fingerprint density at radius 3 is 2.64 bits per heavy atom. The topological polar surface area (TPSA) is 99.0 Å². The van der Waals surface area contributed by atoms with Crippen LogP contribution in [0.4, 0.5) is 4.39 Å². The van der Waals surface area contributed by atoms with Gasteiger partial charge in [0.1, 0.15) is 23.0 Å². The predicted octanol–water partition coefficient (Wildman–Crippen LogP) is 6.08. The number of carbonyl (C=O) groups is 1. The van der Waals surface area contributed by atoms with E-state index < -0.39 is 22.8 Å². The Labute approximate surface area is 212 Å². The molecule has 2 aromatic rings. The Morgan fingerprint density at radius 2 is 2.06 bits per heavy atom. The SMILES string of the molecule is CCc1nc(CC2=C(O)CC(CCc3ccc(C(C)(C)C#N)c(F)c3)(C3CCCC3)OC2=O)c(C)[nH]1. The summed E-state index contributed by atoms with van der Waals surface area (Å²) in [5, 5.41) is 20.5. The molecule has 1 aromatic heterocycles. The number of nitriles is 1. The summed E-state index contributed by atoms with van der Waals surface area (Å²) in [4.78, 5) is 21.0. The van der Waals surface area contributed by atoms with E-state index in [1.165, 1.54) is 6.07 Å². The fourth-order valence-corrected chi connectivity index (χ4v) is 5.69. The number of aromatic nitrogens is 2. The summed E-state index contributed by atoms with van der Waals surface area (Å²) in [6.07, 6.45) is 6.30. The van der Waals surface area contributed by atoms with Crippen molar-refractivity contribution in [2.45, 2.75) is 96.5 Å². The van der Waals surface area contributed by atoms with Crippen LogP contribution in [0, 0.1) is 30.0 Å². The minimum Gasteiger partial charge on any atom is -0.512 e. The number of imidazole rings is 1. The van der Waals surface area contributed by atoms with Gasteiger partial charge in [0.25, 0.3) is 0 Å². The number of hydrogen-bond acceptors (Lipinski definition) is 5. The van der Waals surface area contributed by atoms with Gasteiger partial charge in [-0.05, 0) is 64.0 Å². The van der Waals surface area contributed by atoms with Crippen molar-refractivity contribution in [2.24, 2.45) is 5.92 Å². The summed E-state index contributed by atoms with van der Waals surface area (Å²) < 4.78 is 21.0. The molecule has 2 aliphatic rings. The van der Waals surface area contributed by atoms with Crippen molar-refractivity contribution in [1.82, 2.24) is 9.97 Å². The van der Waals surface area contributed by atoms with Crippen LogP contribution in [-0.4, -0.2) is 26.6 Å². The number of H-pyrrole nitrogens is 1. The number of carbonyl (C=O) groups excluding carboxylic acids is 1. The molecular weight excluding hydrogens is 457 g/mol. The Bertz CT molecular complexity index is 1220. The third-order valence-electron chi connectivity index (χ3n) is 7.99. The van der Waals surface area contributed by atoms with Crippen LogP contribution in [0.5, 0.6) is 0 Å². The summed E-state index contributed by atoms with van der Waals surface area (Å²) >= 11 is 0. The zero-order chi connectivity index (χ0) is 26.1. The van der Waals surface area contributed by atoms with Crippen molar-refractivity contribution in [3.63, 3.8) is 0 Å². The van der Waals surface area contributed by atoms with Crippen molar-refractivity contribution in [3.05, 3.63) is 63.7 Å². The number of aromatic amines is 1. The molecule has 192 valence electrons. The minimum atomic E-state index is -0.913. The van der Waals surface area contributed by atoms with E-state index in [-0.39, 0.29) is 30.1 Å². The van der Waals surface area contributed by atoms with Crippen LogP contribution in [0.15, 0.2) is 29.5 Å². The van der Waals surface area contributed by atoms with E-state index >= 15 is 0 Å². The van der Waals surface area contributed by atoms with Gasteiger partial charge in [0.2, 0.25) is 0 Å². The molecule has 0 radical (unpaired) electrons. The van der Waals surface area contributed by atoms with Gasteiger partial charge >= 0.3 is 5.97 Å². The largest absolute Gasteiger partial charge is 0.512 e. The lowest BCUT2D eigenvalue weighted by Crippen LogP contribution is -2.46. The fraction of sp³-hybridized carbons (Fsp3) is 0.552. The van der Waals surface area contributed by atoms with E-state index in [0.717, 1.165) is 54.9 Å². The standard InChI is InChI=1S/C29H36FN3O3/c1-5-26-32-18(2)24(33-26)15-21-25(34)16-29(36-27(21)35,20-8-6-7-9-20)13-12-19-10-11-22(23(30)14-19)28(3,4)17-31/h10-11,14,20,34H,5-9,12-13,15-16H2,1-4H3,(H,32,33). The summed E-state index contributed by atoms with van der Waals surface area (Å²) in [6.45, 7) is 7.31. The first-order chi connectivity index (χ1) is 17.1. The van der Waals surface area contributed by atoms with Gasteiger partial charge in [-0.3, -0.25) is 0 Å². The van der Waals surface area contributed by atoms with E-state index in [9.17, 15) is 19.6 Å². The van der Waals surface area contributed by atoms with Gasteiger partial charge in [-0.2, -0.15) is 5.26 Å². The van der Waals surface area contributed by atoms with Crippen molar-refractivity contribution in [1.29, 1.82) is 5.26 Å². The molecule has 1 aliphatic carbocycles. The maximum absolute atomic E-state index is 14.8. The van der Waals surface area contributed by atoms with E-state index in [1.54, 1.807) is 19.9 Å². The molecule has 1 unspecified atom stereocenters. The molecule has 4 rings (SSSR count). The van der Waals surface area contributed by atoms with Gasteiger partial charge in [0.15, 0.2) is 0 Å². The first-order valence-electron chi connectivity index (χ1n) is 13.0. The molecule has 1 saturated carbocycles. The molecule has 36 heavy (non-hydrogen) atoms. The predicted molar refractivity (Wildman–Crippen MR) is 135 cm³/mol. The number of rotatable bonds is 8. The average Bonchev–Trinajstić information content (AvgIpc) is 3.50. The molecule has 6 nitrogen and oxygen atoms in total. The van der Waals surface area contributed by atoms with Crippen molar-refractivity contribution in [2.75, 3.05) is 0 Å². The normalized spacial score (nSPS) is 21.1. The Kier molecular flexibility index (Phi) is 7.26. The number of halogens is 1. The van der Waals surface area contributed by atoms with Crippen LogP contribution in [0.2, 0.25) is 0 Å². The lowest BCUT2D eigenvalue weighted by molar-refractivity contribution is -0.167. The van der Waals surface area contributed by atoms with Gasteiger partial charge in [-0.15, -0.1) is 0 Å². The molecule has 0 bridgehead atoms. The summed E-state index contributed by atoms with van der Waals surface area (Å²) in [7, 11) is 0. The first-order valence-corrected chi connectivity index (χ1v) is 13.0. The molecular formula is C29H36FN3O3. The van der Waals surface area contributed by atoms with Crippen LogP contribution >= 0.6 is 0 Å². The first kappa shape index (κ1) is 25.9. The molecule has 1 fully saturated rings. The van der Waals surface area contributed by atoms with Crippen LogP contribution in [0.25, 0.3) is 0 Å². The second-order valence-corrected chi connectivity index (χ2v) is 10.9. The number of nitrogens with one attached hydrogen (secondary N) is 1. The van der Waals surface area contributed by atoms with Crippen molar-refractivity contribution >= 4 is 5.97 Å². The molecule has 0 saturated heterocycles. The van der Waals surface area contributed by atoms with Crippen LogP contribution < -0.4 is 0 Å². The van der Waals surface area contributed by atoms with E-state index in [0.29, 0.717) is 18.4 Å². The number of ether oxygens (including phenoxy) is 1. The molecule has 2 N–H and O–H groups in total. The highest BCUT2D eigenvalue weighted by molar-refractivity contribution is 5.90. The molecule has 1 aromatic carbocycles. The number of aliphatic hydroxyl groups excluding tert-OH is 1. The van der Waals surface area contributed by atoms with Gasteiger partial charge < -0.3 is 14.8 Å². The monoisotopic (exact) mass is 493 g/mol. The van der Waals surface area contributed by atoms with Gasteiger partial charge in [0, 0.05) is 30.5 Å². The summed E-state index contributed by atoms with van der Waals surface area (Å²) in [5.74, 6) is 0.203. The number of aliphatic hydroxyl groups is 1. The number of nitrogens with zero attached hydrogens (tertiary/aromatic N) is 2. The maximum Gasteiger partial charge on any atom is 0.338 e. The van der Waals surface area contributed by atoms with Crippen LogP contribution in [0.3, 0.4) is 0 Å². The highest BCUT2D eigenvalue weighted by atomic mass is 19.1. The zero-order valence-corrected chi connectivity index (χ0v) is 21.7. The summed E-state index contributed by atoms with van der Waals surface area (Å²) in [5.41, 5.74) is 1.34. The molecule has 2 heterocycles. The highest BCUT2D eigenvalue weighted by Crippen LogP contribution is 2.46. The lowest BCUT2D eigenvalue weighted by atomic mass is 9.76. The molecule has 1 aliphatic heterocycles. The fourth-order valence-electron chi connectivity index (χ4n) is 5.69. The highest BCUT2D eigenvalue weighted by Gasteiger charge is 2.48. The number of hydrogen-bond donors (Lipinski definition) is 2. The third kappa shape index (κ3) is 5.04. The van der Waals surface area contributed by atoms with Gasteiger partial charge in [-0.25, -0.2) is 14.2 Å². The minimum absolute atomic E-state index is 0.0795. The van der Waals surface area contributed by atoms with Gasteiger partial charge in [0.05, 0.1) is 22.8 Å². The van der Waals surface area contributed by atoms with Crippen molar-refractivity contribution in [3.8, 4) is 6.07 Å². The Hall–Kier alpha value is -3.14. The van der Waals surface area contributed by atoms with Crippen LogP contribution in [-0.2, 0) is 34.2 Å². The molecule has 0 spiro atoms.